The summed E-state index contributed by atoms with van der Waals surface area (Å²) in [5, 5.41) is 43.4. The number of likely N-dealkylation sites (N-methyl/N-ethyl adjacent to an activating group) is 1. The molecule has 9 nitrogen and oxygen atoms in total. The molecule has 4 rings (SSSR count). The third-order valence-corrected chi connectivity index (χ3v) is 6.75. The predicted octanol–water partition coefficient (Wildman–Crippen LogP) is 0.993. The highest BCUT2D eigenvalue weighted by atomic mass is 35.5. The van der Waals surface area contributed by atoms with Gasteiger partial charge in [0.15, 0.2) is 17.5 Å². The van der Waals surface area contributed by atoms with Crippen molar-refractivity contribution in [1.82, 2.24) is 4.90 Å². The van der Waals surface area contributed by atoms with Crippen LogP contribution in [0, 0.1) is 17.8 Å². The fraction of sp³-hybridized carbons (Fsp3) is 0.381. The maximum atomic E-state index is 13.0. The van der Waals surface area contributed by atoms with Gasteiger partial charge in [0.25, 0.3) is 0 Å². The van der Waals surface area contributed by atoms with Gasteiger partial charge in [0, 0.05) is 33.6 Å². The number of carbonyl (C=O) groups is 3. The number of amides is 1. The molecule has 3 aliphatic carbocycles. The summed E-state index contributed by atoms with van der Waals surface area (Å²) >= 11 is 6.21. The SMILES string of the molecule is CN(C)[C@@H]1C(=O)C(C(N)=O)C(=O)C2=C(O)C3=C(O)c4c(O)ccc(Cl)c4[C@@H](O)[C@H]3C[C@H]21. The lowest BCUT2D eigenvalue weighted by Gasteiger charge is -2.45. The Balaban J connectivity index is 2.01. The highest BCUT2D eigenvalue weighted by Gasteiger charge is 2.56. The van der Waals surface area contributed by atoms with Crippen LogP contribution >= 0.6 is 11.6 Å². The van der Waals surface area contributed by atoms with Gasteiger partial charge in [-0.3, -0.25) is 19.3 Å². The normalized spacial score (nSPS) is 30.3. The number of ketones is 2. The van der Waals surface area contributed by atoms with E-state index in [9.17, 15) is 34.8 Å². The topological polar surface area (TPSA) is 161 Å². The van der Waals surface area contributed by atoms with E-state index in [0.717, 1.165) is 0 Å². The average Bonchev–Trinajstić information content (AvgIpc) is 2.66. The van der Waals surface area contributed by atoms with Gasteiger partial charge in [0.1, 0.15) is 17.3 Å². The largest absolute Gasteiger partial charge is 0.507 e. The maximum Gasteiger partial charge on any atom is 0.236 e. The second kappa shape index (κ2) is 7.08. The van der Waals surface area contributed by atoms with Crippen molar-refractivity contribution >= 4 is 34.8 Å². The van der Waals surface area contributed by atoms with Crippen LogP contribution in [0.4, 0.5) is 0 Å². The van der Waals surface area contributed by atoms with Crippen molar-refractivity contribution in [3.8, 4) is 5.75 Å². The number of fused-ring (bicyclic) bond motifs is 3. The molecule has 1 aromatic rings. The molecule has 3 aliphatic rings. The van der Waals surface area contributed by atoms with E-state index in [-0.39, 0.29) is 39.5 Å². The van der Waals surface area contributed by atoms with Crippen LogP contribution in [0.3, 0.4) is 0 Å². The van der Waals surface area contributed by atoms with Crippen LogP contribution < -0.4 is 5.73 Å². The lowest BCUT2D eigenvalue weighted by atomic mass is 9.61. The van der Waals surface area contributed by atoms with Gasteiger partial charge < -0.3 is 26.2 Å². The van der Waals surface area contributed by atoms with Crippen LogP contribution in [0.1, 0.15) is 23.7 Å². The van der Waals surface area contributed by atoms with Crippen LogP contribution in [-0.4, -0.2) is 62.9 Å². The first-order valence-electron chi connectivity index (χ1n) is 9.59. The van der Waals surface area contributed by atoms with E-state index in [1.54, 1.807) is 14.1 Å². The molecule has 0 aromatic heterocycles. The second-order valence-electron chi connectivity index (χ2n) is 8.28. The number of rotatable bonds is 2. The Bertz CT molecular complexity index is 1110. The number of Topliss-reactive ketones (excluding diaryl/α,β-unsaturated/α-hetero) is 2. The Morgan fingerprint density at radius 1 is 1.10 bits per heavy atom. The molecular weight excluding hydrogens is 428 g/mol. The van der Waals surface area contributed by atoms with Crippen molar-refractivity contribution in [2.75, 3.05) is 14.1 Å². The summed E-state index contributed by atoms with van der Waals surface area (Å²) < 4.78 is 0. The van der Waals surface area contributed by atoms with Crippen molar-refractivity contribution in [3.05, 3.63) is 45.2 Å². The third kappa shape index (κ3) is 2.80. The minimum absolute atomic E-state index is 0.0111. The van der Waals surface area contributed by atoms with Crippen molar-refractivity contribution in [1.29, 1.82) is 0 Å². The Hall–Kier alpha value is -2.88. The van der Waals surface area contributed by atoms with Crippen LogP contribution in [0.25, 0.3) is 5.76 Å². The number of aliphatic hydroxyl groups is 3. The molecule has 0 spiro atoms. The number of hydrogen-bond donors (Lipinski definition) is 5. The number of benzene rings is 1. The zero-order valence-corrected chi connectivity index (χ0v) is 17.4. The first-order valence-corrected chi connectivity index (χ1v) is 9.96. The molecule has 1 amide bonds. The lowest BCUT2D eigenvalue weighted by molar-refractivity contribution is -0.144. The Kier molecular flexibility index (Phi) is 4.88. The quantitative estimate of drug-likeness (QED) is 0.418. The van der Waals surface area contributed by atoms with E-state index in [2.05, 4.69) is 0 Å². The van der Waals surface area contributed by atoms with E-state index in [1.165, 1.54) is 17.0 Å². The lowest BCUT2D eigenvalue weighted by Crippen LogP contribution is -2.58. The summed E-state index contributed by atoms with van der Waals surface area (Å²) in [5.41, 5.74) is 4.91. The highest BCUT2D eigenvalue weighted by molar-refractivity contribution is 6.32. The van der Waals surface area contributed by atoms with Gasteiger partial charge in [-0.2, -0.15) is 0 Å². The van der Waals surface area contributed by atoms with Gasteiger partial charge in [-0.05, 0) is 32.6 Å². The zero-order valence-electron chi connectivity index (χ0n) is 16.7. The van der Waals surface area contributed by atoms with Crippen LogP contribution in [0.5, 0.6) is 5.75 Å². The number of aliphatic hydroxyl groups excluding tert-OH is 3. The Labute approximate surface area is 182 Å². The van der Waals surface area contributed by atoms with E-state index < -0.39 is 58.9 Å². The van der Waals surface area contributed by atoms with E-state index in [4.69, 9.17) is 17.3 Å². The first kappa shape index (κ1) is 21.4. The van der Waals surface area contributed by atoms with Gasteiger partial charge in [-0.25, -0.2) is 0 Å². The molecule has 6 N–H and O–H groups in total. The van der Waals surface area contributed by atoms with Gasteiger partial charge in [-0.15, -0.1) is 0 Å². The van der Waals surface area contributed by atoms with Gasteiger partial charge in [0.2, 0.25) is 5.91 Å². The molecule has 1 aromatic carbocycles. The van der Waals surface area contributed by atoms with Gasteiger partial charge in [-0.1, -0.05) is 11.6 Å². The average molecular weight is 449 g/mol. The van der Waals surface area contributed by atoms with Crippen LogP contribution in [-0.2, 0) is 14.4 Å². The predicted molar refractivity (Wildman–Crippen MR) is 109 cm³/mol. The molecule has 31 heavy (non-hydrogen) atoms. The number of primary amides is 1. The molecule has 0 heterocycles. The fourth-order valence-electron chi connectivity index (χ4n) is 5.16. The molecule has 5 atom stereocenters. The second-order valence-corrected chi connectivity index (χ2v) is 8.69. The fourth-order valence-corrected chi connectivity index (χ4v) is 5.43. The molecular formula is C21H21ClN2O7. The van der Waals surface area contributed by atoms with Crippen LogP contribution in [0.15, 0.2) is 29.0 Å². The standard InChI is InChI=1S/C21H21ClN2O7/c1-24(2)15-6-5-7-11(17(27)10(6)19(29)14(20(15)30)21(23)31)18(28)13-9(25)4-3-8(22)12(13)16(7)26/h3-4,6-7,14-16,25-28H,5H2,1-2H3,(H2,23,31)/t6-,7+,14?,15+,16+/m1/s1. The van der Waals surface area contributed by atoms with Crippen molar-refractivity contribution in [3.63, 3.8) is 0 Å². The monoisotopic (exact) mass is 448 g/mol. The number of halogens is 1. The van der Waals surface area contributed by atoms with Crippen molar-refractivity contribution in [2.24, 2.45) is 23.5 Å². The first-order chi connectivity index (χ1) is 14.5. The maximum absolute atomic E-state index is 13.0. The summed E-state index contributed by atoms with van der Waals surface area (Å²) in [6.07, 6.45) is -1.32. The molecule has 10 heteroatoms. The smallest absolute Gasteiger partial charge is 0.236 e. The molecule has 0 saturated heterocycles. The molecule has 0 aliphatic heterocycles. The minimum Gasteiger partial charge on any atom is -0.507 e. The molecule has 1 unspecified atom stereocenters. The van der Waals surface area contributed by atoms with E-state index in [0.29, 0.717) is 0 Å². The minimum atomic E-state index is -1.76. The van der Waals surface area contributed by atoms with Crippen molar-refractivity contribution < 1.29 is 34.8 Å². The Morgan fingerprint density at radius 2 is 1.74 bits per heavy atom. The summed E-state index contributed by atoms with van der Waals surface area (Å²) in [6.45, 7) is 0. The zero-order chi connectivity index (χ0) is 22.9. The molecule has 1 saturated carbocycles. The number of carbonyl (C=O) groups excluding carboxylic acids is 3. The Morgan fingerprint density at radius 3 is 2.32 bits per heavy atom. The van der Waals surface area contributed by atoms with E-state index in [1.807, 2.05) is 0 Å². The summed E-state index contributed by atoms with van der Waals surface area (Å²) in [5.74, 6) is -7.77. The number of hydrogen-bond acceptors (Lipinski definition) is 8. The molecule has 164 valence electrons. The highest BCUT2D eigenvalue weighted by Crippen LogP contribution is 2.55. The molecule has 0 bridgehead atoms. The number of nitrogens with two attached hydrogens (primary N) is 1. The molecule has 0 radical (unpaired) electrons. The number of phenols is 1. The summed E-state index contributed by atoms with van der Waals surface area (Å²) in [6, 6.07) is 1.65. The third-order valence-electron chi connectivity index (χ3n) is 6.42. The summed E-state index contributed by atoms with van der Waals surface area (Å²) in [4.78, 5) is 39.4. The number of phenolic OH excluding ortho intramolecular Hbond substituents is 1. The van der Waals surface area contributed by atoms with E-state index >= 15 is 0 Å². The summed E-state index contributed by atoms with van der Waals surface area (Å²) in [7, 11) is 3.19. The number of nitrogens with zero attached hydrogens (tertiary/aromatic N) is 1. The number of allylic oxidation sites excluding steroid dienone is 1. The van der Waals surface area contributed by atoms with Crippen LogP contribution in [0.2, 0.25) is 5.02 Å². The number of aromatic hydroxyl groups is 1. The van der Waals surface area contributed by atoms with Gasteiger partial charge >= 0.3 is 0 Å². The van der Waals surface area contributed by atoms with Gasteiger partial charge in [0.05, 0.1) is 17.7 Å². The molecule has 1 fully saturated rings. The van der Waals surface area contributed by atoms with Crippen molar-refractivity contribution in [2.45, 2.75) is 18.6 Å².